The lowest BCUT2D eigenvalue weighted by molar-refractivity contribution is 0.601. The fourth-order valence-electron chi connectivity index (χ4n) is 2.32. The van der Waals surface area contributed by atoms with Gasteiger partial charge in [-0.05, 0) is 66.1 Å². The predicted octanol–water partition coefficient (Wildman–Crippen LogP) is 4.51. The number of benzene rings is 1. The number of rotatable bonds is 3. The molecule has 1 aromatic carbocycles. The lowest BCUT2D eigenvalue weighted by Gasteiger charge is -2.11. The summed E-state index contributed by atoms with van der Waals surface area (Å²) in [5.74, 6) is 0. The van der Waals surface area contributed by atoms with E-state index in [-0.39, 0.29) is 0 Å². The van der Waals surface area contributed by atoms with Gasteiger partial charge in [0.25, 0.3) is 0 Å². The van der Waals surface area contributed by atoms with Crippen LogP contribution in [-0.4, -0.2) is 20.8 Å². The van der Waals surface area contributed by atoms with Gasteiger partial charge < -0.3 is 4.55 Å². The van der Waals surface area contributed by atoms with E-state index in [2.05, 4.69) is 9.97 Å². The Labute approximate surface area is 143 Å². The molecule has 0 bridgehead atoms. The second-order valence-electron chi connectivity index (χ2n) is 5.22. The molecule has 0 fully saturated rings. The molecule has 3 aromatic rings. The quantitative estimate of drug-likeness (QED) is 0.658. The topological polar surface area (TPSA) is 48.8 Å². The van der Waals surface area contributed by atoms with Gasteiger partial charge in [-0.3, -0.25) is 9.97 Å². The molecular weight excluding hydrogens is 328 g/mol. The van der Waals surface area contributed by atoms with Crippen LogP contribution in [-0.2, 0) is 11.2 Å². The van der Waals surface area contributed by atoms with E-state index in [1.807, 2.05) is 55.6 Å². The van der Waals surface area contributed by atoms with Gasteiger partial charge in [0.15, 0.2) is 4.90 Å². The summed E-state index contributed by atoms with van der Waals surface area (Å²) in [5, 5.41) is 0.576. The molecule has 2 aromatic heterocycles. The van der Waals surface area contributed by atoms with Crippen LogP contribution in [0.4, 0.5) is 0 Å². The second kappa shape index (κ2) is 6.71. The summed E-state index contributed by atoms with van der Waals surface area (Å²) < 4.78 is 11.5. The molecule has 0 spiro atoms. The molecule has 0 aliphatic rings. The summed E-state index contributed by atoms with van der Waals surface area (Å²) in [6.45, 7) is 1.95. The Morgan fingerprint density at radius 3 is 2.26 bits per heavy atom. The smallest absolute Gasteiger partial charge is 0.152 e. The van der Waals surface area contributed by atoms with Crippen LogP contribution < -0.4 is 0 Å². The van der Waals surface area contributed by atoms with Gasteiger partial charge >= 0.3 is 0 Å². The number of hydrogen-bond acceptors (Lipinski definition) is 3. The summed E-state index contributed by atoms with van der Waals surface area (Å²) >= 11 is 5.14. The van der Waals surface area contributed by atoms with E-state index in [0.29, 0.717) is 5.02 Å². The Bertz CT molecular complexity index is 817. The summed E-state index contributed by atoms with van der Waals surface area (Å²) in [6.07, 6.45) is 5.11. The highest BCUT2D eigenvalue weighted by molar-refractivity contribution is 7.90. The van der Waals surface area contributed by atoms with Gasteiger partial charge in [-0.25, -0.2) is 0 Å². The van der Waals surface area contributed by atoms with E-state index in [1.54, 1.807) is 12.5 Å². The Balaban J connectivity index is 2.10. The van der Waals surface area contributed by atoms with Crippen molar-refractivity contribution in [2.75, 3.05) is 6.26 Å². The molecule has 23 heavy (non-hydrogen) atoms. The van der Waals surface area contributed by atoms with Gasteiger partial charge in [0, 0.05) is 29.2 Å². The number of halogens is 1. The van der Waals surface area contributed by atoms with Gasteiger partial charge in [0.1, 0.15) is 6.26 Å². The summed E-state index contributed by atoms with van der Waals surface area (Å²) in [4.78, 5) is 9.61. The summed E-state index contributed by atoms with van der Waals surface area (Å²) in [7, 11) is 0. The van der Waals surface area contributed by atoms with Crippen molar-refractivity contribution in [1.29, 1.82) is 0 Å². The molecule has 0 aliphatic heterocycles. The molecule has 0 saturated carbocycles. The van der Waals surface area contributed by atoms with Crippen LogP contribution in [0, 0.1) is 6.92 Å². The SMILES string of the molecule is Cc1ccc(-c2ncc(Cl)cc2-c2ccc([S+](C)[O-])cc2)cn1. The third kappa shape index (κ3) is 3.55. The Morgan fingerprint density at radius 2 is 1.65 bits per heavy atom. The first-order valence-electron chi connectivity index (χ1n) is 7.07. The highest BCUT2D eigenvalue weighted by Gasteiger charge is 2.12. The van der Waals surface area contributed by atoms with Gasteiger partial charge in [0.05, 0.1) is 10.7 Å². The average molecular weight is 343 g/mol. The highest BCUT2D eigenvalue weighted by atomic mass is 35.5. The Kier molecular flexibility index (Phi) is 4.66. The van der Waals surface area contributed by atoms with Gasteiger partial charge in [-0.15, -0.1) is 0 Å². The molecule has 1 atom stereocenters. The minimum Gasteiger partial charge on any atom is -0.612 e. The highest BCUT2D eigenvalue weighted by Crippen LogP contribution is 2.32. The van der Waals surface area contributed by atoms with E-state index in [9.17, 15) is 4.55 Å². The van der Waals surface area contributed by atoms with Gasteiger partial charge in [0.2, 0.25) is 0 Å². The molecule has 116 valence electrons. The third-order valence-electron chi connectivity index (χ3n) is 3.54. The number of aromatic nitrogens is 2. The third-order valence-corrected chi connectivity index (χ3v) is 4.68. The maximum Gasteiger partial charge on any atom is 0.152 e. The van der Waals surface area contributed by atoms with E-state index < -0.39 is 11.2 Å². The maximum absolute atomic E-state index is 11.5. The van der Waals surface area contributed by atoms with Crippen molar-refractivity contribution in [1.82, 2.24) is 9.97 Å². The van der Waals surface area contributed by atoms with Crippen molar-refractivity contribution in [3.8, 4) is 22.4 Å². The molecule has 3 rings (SSSR count). The molecule has 5 heteroatoms. The van der Waals surface area contributed by atoms with Crippen LogP contribution >= 0.6 is 11.6 Å². The number of hydrogen-bond donors (Lipinski definition) is 0. The lowest BCUT2D eigenvalue weighted by Crippen LogP contribution is -1.97. The fourth-order valence-corrected chi connectivity index (χ4v) is 3.00. The molecule has 3 nitrogen and oxygen atoms in total. The van der Waals surface area contributed by atoms with Crippen molar-refractivity contribution in [2.45, 2.75) is 11.8 Å². The summed E-state index contributed by atoms with van der Waals surface area (Å²) in [5.41, 5.74) is 4.62. The molecule has 0 N–H and O–H groups in total. The van der Waals surface area contributed by atoms with Crippen molar-refractivity contribution >= 4 is 22.8 Å². The second-order valence-corrected chi connectivity index (χ2v) is 7.03. The normalized spacial score (nSPS) is 12.2. The summed E-state index contributed by atoms with van der Waals surface area (Å²) in [6, 6.07) is 13.5. The van der Waals surface area contributed by atoms with Crippen molar-refractivity contribution in [3.05, 3.63) is 65.6 Å². The average Bonchev–Trinajstić information content (AvgIpc) is 2.56. The number of nitrogens with zero attached hydrogens (tertiary/aromatic N) is 2. The molecule has 2 heterocycles. The monoisotopic (exact) mass is 342 g/mol. The zero-order chi connectivity index (χ0) is 16.4. The van der Waals surface area contributed by atoms with Crippen molar-refractivity contribution in [2.24, 2.45) is 0 Å². The minimum absolute atomic E-state index is 0.576. The Hall–Kier alpha value is -1.88. The standard InChI is InChI=1S/C18H15ClN2OS/c1-12-3-4-14(10-20-12)18-17(9-15(19)11-21-18)13-5-7-16(8-6-13)23(2)22/h3-11H,1-2H3. The molecular formula is C18H15ClN2OS. The zero-order valence-electron chi connectivity index (χ0n) is 12.8. The first-order chi connectivity index (χ1) is 11.0. The van der Waals surface area contributed by atoms with Crippen LogP contribution in [0.3, 0.4) is 0 Å². The fraction of sp³-hybridized carbons (Fsp3) is 0.111. The van der Waals surface area contributed by atoms with Crippen molar-refractivity contribution in [3.63, 3.8) is 0 Å². The van der Waals surface area contributed by atoms with E-state index in [1.165, 1.54) is 0 Å². The number of pyridine rings is 2. The van der Waals surface area contributed by atoms with Crippen LogP contribution in [0.25, 0.3) is 22.4 Å². The van der Waals surface area contributed by atoms with Gasteiger partial charge in [-0.2, -0.15) is 0 Å². The predicted molar refractivity (Wildman–Crippen MR) is 95.0 cm³/mol. The molecule has 0 amide bonds. The molecule has 0 aliphatic carbocycles. The lowest BCUT2D eigenvalue weighted by atomic mass is 10.0. The molecule has 0 radical (unpaired) electrons. The largest absolute Gasteiger partial charge is 0.612 e. The van der Waals surface area contributed by atoms with Crippen LogP contribution in [0.1, 0.15) is 5.69 Å². The molecule has 0 saturated heterocycles. The first kappa shape index (κ1) is 16.0. The first-order valence-corrected chi connectivity index (χ1v) is 9.00. The van der Waals surface area contributed by atoms with Crippen LogP contribution in [0.15, 0.2) is 59.8 Å². The maximum atomic E-state index is 11.5. The minimum atomic E-state index is -0.994. The van der Waals surface area contributed by atoms with Crippen LogP contribution in [0.5, 0.6) is 0 Å². The molecule has 1 unspecified atom stereocenters. The zero-order valence-corrected chi connectivity index (χ0v) is 14.4. The van der Waals surface area contributed by atoms with Crippen LogP contribution in [0.2, 0.25) is 5.02 Å². The van der Waals surface area contributed by atoms with Crippen molar-refractivity contribution < 1.29 is 4.55 Å². The van der Waals surface area contributed by atoms with E-state index >= 15 is 0 Å². The number of aryl methyl sites for hydroxylation is 1. The Morgan fingerprint density at radius 1 is 0.957 bits per heavy atom. The van der Waals surface area contributed by atoms with E-state index in [0.717, 1.165) is 33.0 Å². The van der Waals surface area contributed by atoms with E-state index in [4.69, 9.17) is 11.6 Å². The van der Waals surface area contributed by atoms with Gasteiger partial charge in [-0.1, -0.05) is 11.6 Å².